The highest BCUT2D eigenvalue weighted by molar-refractivity contribution is 5.93. The van der Waals surface area contributed by atoms with Crippen molar-refractivity contribution in [1.82, 2.24) is 0 Å². The van der Waals surface area contributed by atoms with Gasteiger partial charge in [0.2, 0.25) is 0 Å². The van der Waals surface area contributed by atoms with Crippen LogP contribution in [0, 0.1) is 40.4 Å². The minimum atomic E-state index is -1.13. The van der Waals surface area contributed by atoms with E-state index in [0.29, 0.717) is 49.2 Å². The van der Waals surface area contributed by atoms with Gasteiger partial charge in [-0.15, -0.1) is 0 Å². The van der Waals surface area contributed by atoms with E-state index in [-0.39, 0.29) is 29.5 Å². The van der Waals surface area contributed by atoms with Gasteiger partial charge in [-0.1, -0.05) is 32.8 Å². The summed E-state index contributed by atoms with van der Waals surface area (Å²) in [4.78, 5) is 36.8. The van der Waals surface area contributed by atoms with E-state index >= 15 is 0 Å². The van der Waals surface area contributed by atoms with E-state index < -0.39 is 17.0 Å². The smallest absolute Gasteiger partial charge is 0.306 e. The molecular formula is C29H44O5. The summed E-state index contributed by atoms with van der Waals surface area (Å²) in [5.41, 5.74) is -0.412. The van der Waals surface area contributed by atoms with Crippen molar-refractivity contribution in [3.8, 4) is 0 Å². The van der Waals surface area contributed by atoms with Crippen molar-refractivity contribution in [3.05, 3.63) is 11.6 Å². The molecule has 5 nitrogen and oxygen atoms in total. The van der Waals surface area contributed by atoms with E-state index in [1.165, 1.54) is 0 Å². The molecule has 2 unspecified atom stereocenters. The lowest BCUT2D eigenvalue weighted by atomic mass is 9.43. The third-order valence-electron chi connectivity index (χ3n) is 11.0. The Kier molecular flexibility index (Phi) is 6.92. The number of aliphatic carboxylic acids is 1. The molecule has 4 rings (SSSR count). The number of carbonyl (C=O) groups excluding carboxylic acids is 2. The van der Waals surface area contributed by atoms with Crippen molar-refractivity contribution in [2.24, 2.45) is 40.4 Å². The van der Waals surface area contributed by atoms with Gasteiger partial charge < -0.3 is 10.2 Å². The Morgan fingerprint density at radius 1 is 1.12 bits per heavy atom. The van der Waals surface area contributed by atoms with Gasteiger partial charge in [0.05, 0.1) is 11.5 Å². The molecular weight excluding hydrogens is 428 g/mol. The highest BCUT2D eigenvalue weighted by Crippen LogP contribution is 2.68. The average Bonchev–Trinajstić information content (AvgIpc) is 3.11. The van der Waals surface area contributed by atoms with Crippen molar-refractivity contribution in [3.63, 3.8) is 0 Å². The Balaban J connectivity index is 1.60. The predicted molar refractivity (Wildman–Crippen MR) is 131 cm³/mol. The van der Waals surface area contributed by atoms with Crippen LogP contribution in [0.25, 0.3) is 0 Å². The van der Waals surface area contributed by atoms with Crippen LogP contribution >= 0.6 is 0 Å². The third kappa shape index (κ3) is 3.90. The number of carboxylic acids is 1. The van der Waals surface area contributed by atoms with Gasteiger partial charge in [-0.25, -0.2) is 0 Å². The fourth-order valence-electron chi connectivity index (χ4n) is 9.21. The van der Waals surface area contributed by atoms with Gasteiger partial charge in [0.1, 0.15) is 5.78 Å². The number of ketones is 2. The van der Waals surface area contributed by atoms with Crippen molar-refractivity contribution in [2.45, 2.75) is 110 Å². The summed E-state index contributed by atoms with van der Waals surface area (Å²) in [6, 6.07) is 0. The zero-order valence-corrected chi connectivity index (χ0v) is 21.6. The highest BCUT2D eigenvalue weighted by Gasteiger charge is 2.64. The molecule has 0 heterocycles. The van der Waals surface area contributed by atoms with Crippen molar-refractivity contribution < 1.29 is 24.6 Å². The van der Waals surface area contributed by atoms with E-state index in [4.69, 9.17) is 0 Å². The molecule has 0 aromatic rings. The maximum Gasteiger partial charge on any atom is 0.306 e. The normalized spacial score (nSPS) is 42.3. The number of rotatable bonds is 8. The minimum Gasteiger partial charge on any atom is -0.481 e. The van der Waals surface area contributed by atoms with Gasteiger partial charge in [-0.05, 0) is 100 Å². The second-order valence-electron chi connectivity index (χ2n) is 12.5. The molecule has 4 aliphatic rings. The molecule has 2 N–H and O–H groups in total. The number of carbonyl (C=O) groups is 3. The molecule has 190 valence electrons. The van der Waals surface area contributed by atoms with Crippen LogP contribution in [0.15, 0.2) is 11.6 Å². The van der Waals surface area contributed by atoms with Gasteiger partial charge in [0.15, 0.2) is 5.78 Å². The molecule has 0 aliphatic heterocycles. The summed E-state index contributed by atoms with van der Waals surface area (Å²) >= 11 is 0. The molecule has 3 saturated carbocycles. The van der Waals surface area contributed by atoms with E-state index in [2.05, 4.69) is 13.8 Å². The molecule has 0 spiro atoms. The number of fused-ring (bicyclic) bond motifs is 5. The molecule has 8 atom stereocenters. The van der Waals surface area contributed by atoms with Crippen molar-refractivity contribution >= 4 is 17.5 Å². The summed E-state index contributed by atoms with van der Waals surface area (Å²) in [7, 11) is 0. The number of carboxylic acid groups (broad SMARTS) is 1. The molecule has 0 radical (unpaired) electrons. The van der Waals surface area contributed by atoms with Gasteiger partial charge >= 0.3 is 5.97 Å². The van der Waals surface area contributed by atoms with E-state index in [1.54, 1.807) is 6.92 Å². The summed E-state index contributed by atoms with van der Waals surface area (Å²) in [5, 5.41) is 21.8. The van der Waals surface area contributed by atoms with Gasteiger partial charge in [0, 0.05) is 17.8 Å². The number of Topliss-reactive ketones (excluding diaryl/α,β-unsaturated/α-hetero) is 1. The number of hydrogen-bond acceptors (Lipinski definition) is 4. The lowest BCUT2D eigenvalue weighted by Crippen LogP contribution is -2.61. The van der Waals surface area contributed by atoms with Crippen LogP contribution in [-0.4, -0.2) is 33.3 Å². The summed E-state index contributed by atoms with van der Waals surface area (Å²) in [6.07, 6.45) is 11.0. The Hall–Kier alpha value is -1.49. The first-order valence-electron chi connectivity index (χ1n) is 13.7. The fourth-order valence-corrected chi connectivity index (χ4v) is 9.21. The van der Waals surface area contributed by atoms with E-state index in [0.717, 1.165) is 50.5 Å². The monoisotopic (exact) mass is 472 g/mol. The van der Waals surface area contributed by atoms with Crippen LogP contribution in [-0.2, 0) is 14.4 Å². The summed E-state index contributed by atoms with van der Waals surface area (Å²) in [6.45, 7) is 8.28. The third-order valence-corrected chi connectivity index (χ3v) is 11.0. The zero-order valence-electron chi connectivity index (χ0n) is 21.6. The topological polar surface area (TPSA) is 91.7 Å². The van der Waals surface area contributed by atoms with Crippen molar-refractivity contribution in [1.29, 1.82) is 0 Å². The molecule has 4 aliphatic carbocycles. The number of aliphatic hydroxyl groups is 1. The predicted octanol–water partition coefficient (Wildman–Crippen LogP) is 5.74. The maximum absolute atomic E-state index is 12.7. The summed E-state index contributed by atoms with van der Waals surface area (Å²) < 4.78 is 0. The van der Waals surface area contributed by atoms with Gasteiger partial charge in [0.25, 0.3) is 0 Å². The van der Waals surface area contributed by atoms with Crippen LogP contribution in [0.4, 0.5) is 0 Å². The minimum absolute atomic E-state index is 0.00919. The van der Waals surface area contributed by atoms with E-state index in [1.807, 2.05) is 13.0 Å². The standard InChI is InChI=1S/C29H44O5/c1-5-7-19(26(32)33)8-6-14-29(34)17-21(31)16-20-9-10-22-24-12-11-23(18(2)30)27(24,3)15-13-25(22)28(20,29)4/h16,19,22-25,34H,5-15,17H2,1-4H3,(H,32,33)/t19?,22-,23+,24-,25-,27+,28-,29?/m0/s1. The fraction of sp³-hybridized carbons (Fsp3) is 0.828. The molecule has 0 amide bonds. The zero-order chi connectivity index (χ0) is 24.9. The molecule has 5 heteroatoms. The molecule has 0 aromatic carbocycles. The Morgan fingerprint density at radius 2 is 1.85 bits per heavy atom. The van der Waals surface area contributed by atoms with Gasteiger partial charge in [-0.2, -0.15) is 0 Å². The lowest BCUT2D eigenvalue weighted by Gasteiger charge is -2.62. The first-order chi connectivity index (χ1) is 16.0. The quantitative estimate of drug-likeness (QED) is 0.470. The van der Waals surface area contributed by atoms with Crippen LogP contribution in [0.2, 0.25) is 0 Å². The van der Waals surface area contributed by atoms with Crippen LogP contribution < -0.4 is 0 Å². The lowest BCUT2D eigenvalue weighted by molar-refractivity contribution is -0.164. The molecule has 3 fully saturated rings. The number of hydrogen-bond donors (Lipinski definition) is 2. The maximum atomic E-state index is 12.7. The first kappa shape index (κ1) is 25.6. The Labute approximate surface area is 204 Å². The van der Waals surface area contributed by atoms with Crippen LogP contribution in [0.1, 0.15) is 105 Å². The Morgan fingerprint density at radius 3 is 2.50 bits per heavy atom. The summed E-state index contributed by atoms with van der Waals surface area (Å²) in [5.74, 6) is 0.624. The first-order valence-corrected chi connectivity index (χ1v) is 13.7. The molecule has 0 saturated heterocycles. The second kappa shape index (κ2) is 9.19. The van der Waals surface area contributed by atoms with Crippen LogP contribution in [0.3, 0.4) is 0 Å². The molecule has 34 heavy (non-hydrogen) atoms. The van der Waals surface area contributed by atoms with Gasteiger partial charge in [-0.3, -0.25) is 14.4 Å². The van der Waals surface area contributed by atoms with Crippen molar-refractivity contribution in [2.75, 3.05) is 0 Å². The molecule has 0 bridgehead atoms. The second-order valence-corrected chi connectivity index (χ2v) is 12.5. The molecule has 0 aromatic heterocycles. The van der Waals surface area contributed by atoms with Crippen LogP contribution in [0.5, 0.6) is 0 Å². The largest absolute Gasteiger partial charge is 0.481 e. The highest BCUT2D eigenvalue weighted by atomic mass is 16.4. The SMILES string of the molecule is CCCC(CCCC1(O)CC(=O)C=C2CC[C@H]3[C@@H]4CC[C@H](C(C)=O)[C@@]4(C)CC[C@@H]3[C@]21C)C(=O)O. The van der Waals surface area contributed by atoms with E-state index in [9.17, 15) is 24.6 Å². The average molecular weight is 473 g/mol. The Bertz CT molecular complexity index is 876.